The Morgan fingerprint density at radius 3 is 2.27 bits per heavy atom. The molecule has 0 aromatic heterocycles. The standard InChI is InChI=1S/C13H9.C8H11.C4H10.Ti/c1-3-7-12-10(5-1)9-11-6-2-4-8-13(11)12;1-2-5-8-6-3-4-7-8;1-3-4-2;/h1-5,7-8H,9H2;3,6H,2,4-5H2,1H3;3-4H2,1-2H3;/q2*-1;;+2. The second-order valence-corrected chi connectivity index (χ2v) is 6.45. The van der Waals surface area contributed by atoms with E-state index in [1.54, 1.807) is 0 Å². The molecular weight excluding hydrogens is 348 g/mol. The third kappa shape index (κ3) is 6.74. The van der Waals surface area contributed by atoms with Crippen LogP contribution in [0.1, 0.15) is 64.0 Å². The molecule has 0 N–H and O–H groups in total. The van der Waals surface area contributed by atoms with Gasteiger partial charge in [0.25, 0.3) is 0 Å². The zero-order valence-electron chi connectivity index (χ0n) is 16.4. The van der Waals surface area contributed by atoms with Crippen LogP contribution < -0.4 is 0 Å². The van der Waals surface area contributed by atoms with Gasteiger partial charge in [-0.2, -0.15) is 35.9 Å². The van der Waals surface area contributed by atoms with Gasteiger partial charge in [0.2, 0.25) is 0 Å². The Balaban J connectivity index is 0.000000226. The van der Waals surface area contributed by atoms with Crippen molar-refractivity contribution in [3.63, 3.8) is 0 Å². The van der Waals surface area contributed by atoms with Crippen molar-refractivity contribution >= 4 is 0 Å². The first-order valence-corrected chi connectivity index (χ1v) is 9.64. The number of rotatable bonds is 3. The van der Waals surface area contributed by atoms with Crippen LogP contribution >= 0.6 is 0 Å². The number of allylic oxidation sites excluding steroid dienone is 4. The van der Waals surface area contributed by atoms with Crippen LogP contribution in [-0.2, 0) is 28.1 Å². The molecule has 0 radical (unpaired) electrons. The summed E-state index contributed by atoms with van der Waals surface area (Å²) in [4.78, 5) is 0. The Morgan fingerprint density at radius 2 is 1.62 bits per heavy atom. The van der Waals surface area contributed by atoms with E-state index in [0.717, 1.165) is 12.8 Å². The fourth-order valence-corrected chi connectivity index (χ4v) is 2.89. The SMILES string of the molecule is CCCC.CCCC1=[C-]CC=C1.[Ti+2].[c-]1cccc2c1Cc1ccccc1-2. The molecule has 0 bridgehead atoms. The van der Waals surface area contributed by atoms with E-state index >= 15 is 0 Å². The van der Waals surface area contributed by atoms with Gasteiger partial charge in [0.15, 0.2) is 0 Å². The number of unbranched alkanes of at least 4 members (excludes halogenated alkanes) is 1. The number of benzene rings is 2. The van der Waals surface area contributed by atoms with Gasteiger partial charge in [-0.1, -0.05) is 81.8 Å². The van der Waals surface area contributed by atoms with Crippen molar-refractivity contribution in [2.45, 2.75) is 59.3 Å². The average molecular weight is 378 g/mol. The van der Waals surface area contributed by atoms with Crippen LogP contribution in [-0.4, -0.2) is 0 Å². The molecule has 2 aliphatic carbocycles. The molecule has 0 saturated carbocycles. The first-order valence-electron chi connectivity index (χ1n) is 9.64. The van der Waals surface area contributed by atoms with E-state index in [9.17, 15) is 0 Å². The van der Waals surface area contributed by atoms with Crippen molar-refractivity contribution in [1.29, 1.82) is 0 Å². The summed E-state index contributed by atoms with van der Waals surface area (Å²) in [5.74, 6) is 0. The summed E-state index contributed by atoms with van der Waals surface area (Å²) in [6, 6.07) is 18.1. The van der Waals surface area contributed by atoms with Crippen LogP contribution in [0.25, 0.3) is 11.1 Å². The molecule has 2 aliphatic rings. The predicted octanol–water partition coefficient (Wildman–Crippen LogP) is 7.34. The Morgan fingerprint density at radius 1 is 0.885 bits per heavy atom. The third-order valence-corrected chi connectivity index (χ3v) is 4.40. The molecule has 0 unspecified atom stereocenters. The summed E-state index contributed by atoms with van der Waals surface area (Å²) in [5, 5.41) is 0. The van der Waals surface area contributed by atoms with Crippen LogP contribution in [0.5, 0.6) is 0 Å². The molecule has 0 amide bonds. The second kappa shape index (κ2) is 12.9. The summed E-state index contributed by atoms with van der Waals surface area (Å²) >= 11 is 0. The van der Waals surface area contributed by atoms with Gasteiger partial charge in [-0.3, -0.25) is 6.08 Å². The van der Waals surface area contributed by atoms with Gasteiger partial charge in [-0.05, 0) is 6.42 Å². The van der Waals surface area contributed by atoms with Gasteiger partial charge in [-0.25, -0.2) is 11.6 Å². The van der Waals surface area contributed by atoms with Gasteiger partial charge >= 0.3 is 21.7 Å². The first kappa shape index (κ1) is 22.7. The fraction of sp³-hybridized carbons (Fsp3) is 0.360. The van der Waals surface area contributed by atoms with E-state index in [1.165, 1.54) is 53.5 Å². The molecule has 2 aromatic carbocycles. The Kier molecular flexibility index (Phi) is 11.3. The maximum absolute atomic E-state index is 3.30. The van der Waals surface area contributed by atoms with Crippen LogP contribution in [0.15, 0.2) is 60.2 Å². The molecule has 0 aliphatic heterocycles. The van der Waals surface area contributed by atoms with Gasteiger partial charge in [0, 0.05) is 0 Å². The van der Waals surface area contributed by atoms with Crippen LogP contribution in [0.4, 0.5) is 0 Å². The summed E-state index contributed by atoms with van der Waals surface area (Å²) < 4.78 is 0. The van der Waals surface area contributed by atoms with Gasteiger partial charge in [-0.15, -0.1) is 12.0 Å². The van der Waals surface area contributed by atoms with E-state index in [1.807, 2.05) is 6.07 Å². The zero-order chi connectivity index (χ0) is 17.9. The minimum Gasteiger partial charge on any atom is -0.269 e. The molecular formula is C25H30Ti. The van der Waals surface area contributed by atoms with Gasteiger partial charge in [0.05, 0.1) is 0 Å². The molecule has 0 atom stereocenters. The molecule has 0 fully saturated rings. The monoisotopic (exact) mass is 378 g/mol. The summed E-state index contributed by atoms with van der Waals surface area (Å²) in [6.45, 7) is 6.56. The van der Waals surface area contributed by atoms with E-state index in [-0.39, 0.29) is 21.7 Å². The smallest absolute Gasteiger partial charge is 0.269 e. The van der Waals surface area contributed by atoms with E-state index < -0.39 is 0 Å². The molecule has 0 spiro atoms. The van der Waals surface area contributed by atoms with E-state index in [0.29, 0.717) is 0 Å². The Bertz CT molecular complexity index is 664. The summed E-state index contributed by atoms with van der Waals surface area (Å²) in [6.07, 6.45) is 14.8. The van der Waals surface area contributed by atoms with Crippen molar-refractivity contribution in [2.24, 2.45) is 0 Å². The number of hydrogen-bond acceptors (Lipinski definition) is 0. The van der Waals surface area contributed by atoms with Crippen molar-refractivity contribution in [3.05, 3.63) is 83.5 Å². The number of hydrogen-bond donors (Lipinski definition) is 0. The van der Waals surface area contributed by atoms with Crippen LogP contribution in [0.2, 0.25) is 0 Å². The van der Waals surface area contributed by atoms with Crippen LogP contribution in [0.3, 0.4) is 0 Å². The van der Waals surface area contributed by atoms with Crippen molar-refractivity contribution in [3.8, 4) is 11.1 Å². The fourth-order valence-electron chi connectivity index (χ4n) is 2.89. The Labute approximate surface area is 175 Å². The Hall–Kier alpha value is -1.37. The quantitative estimate of drug-likeness (QED) is 0.330. The first-order chi connectivity index (χ1) is 12.3. The largest absolute Gasteiger partial charge is 2.00 e. The predicted molar refractivity (Wildman–Crippen MR) is 110 cm³/mol. The molecule has 0 saturated heterocycles. The molecule has 1 heteroatoms. The van der Waals surface area contributed by atoms with E-state index in [4.69, 9.17) is 0 Å². The maximum Gasteiger partial charge on any atom is 2.00 e. The van der Waals surface area contributed by atoms with Gasteiger partial charge < -0.3 is 0 Å². The minimum absolute atomic E-state index is 0. The number of fused-ring (bicyclic) bond motifs is 3. The molecule has 2 aromatic rings. The summed E-state index contributed by atoms with van der Waals surface area (Å²) in [5.41, 5.74) is 6.91. The van der Waals surface area contributed by atoms with Crippen molar-refractivity contribution < 1.29 is 21.7 Å². The van der Waals surface area contributed by atoms with Crippen molar-refractivity contribution in [1.82, 2.24) is 0 Å². The minimum atomic E-state index is 0. The normalized spacial score (nSPS) is 12.5. The molecule has 0 heterocycles. The van der Waals surface area contributed by atoms with Gasteiger partial charge in [0.1, 0.15) is 0 Å². The molecule has 0 nitrogen and oxygen atoms in total. The molecule has 4 rings (SSSR count). The maximum atomic E-state index is 3.30. The van der Waals surface area contributed by atoms with Crippen LogP contribution in [0, 0.1) is 12.1 Å². The van der Waals surface area contributed by atoms with E-state index in [2.05, 4.69) is 81.5 Å². The molecule has 26 heavy (non-hydrogen) atoms. The third-order valence-electron chi connectivity index (χ3n) is 4.40. The average Bonchev–Trinajstić information content (AvgIpc) is 3.30. The molecule has 134 valence electrons. The second-order valence-electron chi connectivity index (χ2n) is 6.45. The topological polar surface area (TPSA) is 0 Å². The van der Waals surface area contributed by atoms with Crippen molar-refractivity contribution in [2.75, 3.05) is 0 Å². The summed E-state index contributed by atoms with van der Waals surface area (Å²) in [7, 11) is 0. The zero-order valence-corrected chi connectivity index (χ0v) is 18.0.